The molecule has 0 bridgehead atoms. The second-order valence-corrected chi connectivity index (χ2v) is 4.19. The van der Waals surface area contributed by atoms with Crippen LogP contribution in [0.5, 0.6) is 0 Å². The highest BCUT2D eigenvalue weighted by molar-refractivity contribution is 5.17. The van der Waals surface area contributed by atoms with Gasteiger partial charge in [0.25, 0.3) is 0 Å². The summed E-state index contributed by atoms with van der Waals surface area (Å²) in [5.74, 6) is 0. The van der Waals surface area contributed by atoms with Gasteiger partial charge in [0.05, 0.1) is 12.2 Å². The van der Waals surface area contributed by atoms with E-state index in [9.17, 15) is 0 Å². The first-order valence-electron chi connectivity index (χ1n) is 6.13. The smallest absolute Gasteiger partial charge is 0.0952 e. The molecule has 0 heterocycles. The minimum atomic E-state index is 0.160. The van der Waals surface area contributed by atoms with E-state index in [1.165, 1.54) is 12.0 Å². The second-order valence-electron chi connectivity index (χ2n) is 4.19. The molecule has 0 radical (unpaired) electrons. The van der Waals surface area contributed by atoms with Crippen LogP contribution in [0.15, 0.2) is 30.3 Å². The van der Waals surface area contributed by atoms with Crippen LogP contribution in [0.4, 0.5) is 0 Å². The SMILES string of the molecule is CCCC(C)OC(CNC)c1ccccc1. The molecular weight excluding hydrogens is 198 g/mol. The maximum atomic E-state index is 6.05. The molecule has 0 fully saturated rings. The van der Waals surface area contributed by atoms with Gasteiger partial charge in [-0.15, -0.1) is 0 Å². The molecule has 1 aromatic rings. The van der Waals surface area contributed by atoms with Gasteiger partial charge >= 0.3 is 0 Å². The molecule has 90 valence electrons. The van der Waals surface area contributed by atoms with Gasteiger partial charge in [0.15, 0.2) is 0 Å². The fourth-order valence-corrected chi connectivity index (χ4v) is 1.85. The van der Waals surface area contributed by atoms with E-state index >= 15 is 0 Å². The van der Waals surface area contributed by atoms with E-state index in [2.05, 4.69) is 43.4 Å². The number of hydrogen-bond acceptors (Lipinski definition) is 2. The van der Waals surface area contributed by atoms with Gasteiger partial charge < -0.3 is 10.1 Å². The van der Waals surface area contributed by atoms with Gasteiger partial charge in [-0.2, -0.15) is 0 Å². The fourth-order valence-electron chi connectivity index (χ4n) is 1.85. The van der Waals surface area contributed by atoms with Crippen LogP contribution in [0, 0.1) is 0 Å². The van der Waals surface area contributed by atoms with Crippen molar-refractivity contribution >= 4 is 0 Å². The third-order valence-electron chi connectivity index (χ3n) is 2.65. The van der Waals surface area contributed by atoms with Gasteiger partial charge in [-0.05, 0) is 26.0 Å². The molecule has 0 aliphatic heterocycles. The van der Waals surface area contributed by atoms with Crippen LogP contribution >= 0.6 is 0 Å². The Kier molecular flexibility index (Phi) is 6.12. The monoisotopic (exact) mass is 221 g/mol. The van der Waals surface area contributed by atoms with Gasteiger partial charge in [-0.1, -0.05) is 43.7 Å². The molecular formula is C14H23NO. The minimum absolute atomic E-state index is 0.160. The first-order chi connectivity index (χ1) is 7.77. The molecule has 0 aliphatic rings. The van der Waals surface area contributed by atoms with Gasteiger partial charge in [-0.25, -0.2) is 0 Å². The third kappa shape index (κ3) is 4.33. The van der Waals surface area contributed by atoms with Gasteiger partial charge in [0, 0.05) is 6.54 Å². The molecule has 0 aliphatic carbocycles. The zero-order chi connectivity index (χ0) is 11.8. The van der Waals surface area contributed by atoms with E-state index in [-0.39, 0.29) is 6.10 Å². The van der Waals surface area contributed by atoms with E-state index in [1.807, 2.05) is 13.1 Å². The molecule has 0 saturated carbocycles. The van der Waals surface area contributed by atoms with Crippen molar-refractivity contribution in [2.45, 2.75) is 38.9 Å². The molecule has 2 atom stereocenters. The summed E-state index contributed by atoms with van der Waals surface area (Å²) in [7, 11) is 1.96. The lowest BCUT2D eigenvalue weighted by Crippen LogP contribution is -2.23. The molecule has 1 rings (SSSR count). The van der Waals surface area contributed by atoms with Crippen molar-refractivity contribution in [2.75, 3.05) is 13.6 Å². The summed E-state index contributed by atoms with van der Waals surface area (Å²) in [5, 5.41) is 3.19. The van der Waals surface area contributed by atoms with Crippen LogP contribution in [-0.4, -0.2) is 19.7 Å². The number of benzene rings is 1. The van der Waals surface area contributed by atoms with E-state index < -0.39 is 0 Å². The van der Waals surface area contributed by atoms with Gasteiger partial charge in [0.2, 0.25) is 0 Å². The van der Waals surface area contributed by atoms with Crippen molar-refractivity contribution in [3.05, 3.63) is 35.9 Å². The molecule has 2 nitrogen and oxygen atoms in total. The van der Waals surface area contributed by atoms with Crippen LogP contribution in [0.25, 0.3) is 0 Å². The highest BCUT2D eigenvalue weighted by Crippen LogP contribution is 2.19. The minimum Gasteiger partial charge on any atom is -0.369 e. The Bertz CT molecular complexity index is 273. The van der Waals surface area contributed by atoms with E-state index in [1.54, 1.807) is 0 Å². The zero-order valence-corrected chi connectivity index (χ0v) is 10.6. The van der Waals surface area contributed by atoms with Crippen molar-refractivity contribution in [2.24, 2.45) is 0 Å². The predicted octanol–water partition coefficient (Wildman–Crippen LogP) is 3.15. The fraction of sp³-hybridized carbons (Fsp3) is 0.571. The summed E-state index contributed by atoms with van der Waals surface area (Å²) >= 11 is 0. The molecule has 16 heavy (non-hydrogen) atoms. The summed E-state index contributed by atoms with van der Waals surface area (Å²) < 4.78 is 6.05. The van der Waals surface area contributed by atoms with Gasteiger partial charge in [0.1, 0.15) is 0 Å². The molecule has 1 aromatic carbocycles. The number of likely N-dealkylation sites (N-methyl/N-ethyl adjacent to an activating group) is 1. The van der Waals surface area contributed by atoms with Gasteiger partial charge in [-0.3, -0.25) is 0 Å². The normalized spacial score (nSPS) is 14.7. The second kappa shape index (κ2) is 7.42. The van der Waals surface area contributed by atoms with Crippen molar-refractivity contribution in [1.29, 1.82) is 0 Å². The average molecular weight is 221 g/mol. The Morgan fingerprint density at radius 3 is 2.50 bits per heavy atom. The van der Waals surface area contributed by atoms with Crippen molar-refractivity contribution in [3.63, 3.8) is 0 Å². The maximum Gasteiger partial charge on any atom is 0.0952 e. The molecule has 0 amide bonds. The van der Waals surface area contributed by atoms with Crippen LogP contribution in [-0.2, 0) is 4.74 Å². The first kappa shape index (κ1) is 13.2. The number of rotatable bonds is 7. The number of ether oxygens (including phenoxy) is 1. The first-order valence-corrected chi connectivity index (χ1v) is 6.13. The summed E-state index contributed by atoms with van der Waals surface area (Å²) in [6.07, 6.45) is 2.77. The third-order valence-corrected chi connectivity index (χ3v) is 2.65. The Morgan fingerprint density at radius 1 is 1.25 bits per heavy atom. The van der Waals surface area contributed by atoms with Crippen molar-refractivity contribution in [3.8, 4) is 0 Å². The highest BCUT2D eigenvalue weighted by atomic mass is 16.5. The zero-order valence-electron chi connectivity index (χ0n) is 10.6. The topological polar surface area (TPSA) is 21.3 Å². The quantitative estimate of drug-likeness (QED) is 0.763. The standard InChI is InChI=1S/C14H23NO/c1-4-8-12(2)16-14(11-15-3)13-9-6-5-7-10-13/h5-7,9-10,12,14-15H,4,8,11H2,1-3H3. The Morgan fingerprint density at radius 2 is 1.94 bits per heavy atom. The lowest BCUT2D eigenvalue weighted by molar-refractivity contribution is -0.00631. The van der Waals surface area contributed by atoms with Crippen LogP contribution in [0.3, 0.4) is 0 Å². The molecule has 2 heteroatoms. The summed E-state index contributed by atoms with van der Waals surface area (Å²) in [6, 6.07) is 10.4. The number of hydrogen-bond donors (Lipinski definition) is 1. The van der Waals surface area contributed by atoms with Crippen LogP contribution in [0.1, 0.15) is 38.4 Å². The Balaban J connectivity index is 2.60. The van der Waals surface area contributed by atoms with Crippen molar-refractivity contribution in [1.82, 2.24) is 5.32 Å². The summed E-state index contributed by atoms with van der Waals surface area (Å²) in [5.41, 5.74) is 1.25. The number of nitrogens with one attached hydrogen (secondary N) is 1. The molecule has 1 N–H and O–H groups in total. The molecule has 2 unspecified atom stereocenters. The van der Waals surface area contributed by atoms with Crippen LogP contribution in [0.2, 0.25) is 0 Å². The predicted molar refractivity (Wildman–Crippen MR) is 68.6 cm³/mol. The lowest BCUT2D eigenvalue weighted by atomic mass is 10.1. The maximum absolute atomic E-state index is 6.05. The molecule has 0 spiro atoms. The van der Waals surface area contributed by atoms with E-state index in [4.69, 9.17) is 4.74 Å². The average Bonchev–Trinajstić information content (AvgIpc) is 2.30. The van der Waals surface area contributed by atoms with E-state index in [0.29, 0.717) is 6.10 Å². The molecule has 0 aromatic heterocycles. The molecule has 0 saturated heterocycles. The summed E-state index contributed by atoms with van der Waals surface area (Å²) in [4.78, 5) is 0. The lowest BCUT2D eigenvalue weighted by Gasteiger charge is -2.22. The van der Waals surface area contributed by atoms with Crippen LogP contribution < -0.4 is 5.32 Å². The Labute approximate surface area is 99.0 Å². The highest BCUT2D eigenvalue weighted by Gasteiger charge is 2.13. The summed E-state index contributed by atoms with van der Waals surface area (Å²) in [6.45, 7) is 5.20. The largest absolute Gasteiger partial charge is 0.369 e. The van der Waals surface area contributed by atoms with Crippen molar-refractivity contribution < 1.29 is 4.74 Å². The Hall–Kier alpha value is -0.860. The van der Waals surface area contributed by atoms with E-state index in [0.717, 1.165) is 13.0 Å².